The van der Waals surface area contributed by atoms with Gasteiger partial charge < -0.3 is 9.47 Å². The van der Waals surface area contributed by atoms with Crippen LogP contribution in [0, 0.1) is 6.92 Å². The highest BCUT2D eigenvalue weighted by atomic mass is 15.3. The Morgan fingerprint density at radius 3 is 2.56 bits per heavy atom. The zero-order valence-corrected chi connectivity index (χ0v) is 15.2. The van der Waals surface area contributed by atoms with E-state index in [2.05, 4.69) is 41.6 Å². The third-order valence-electron chi connectivity index (χ3n) is 5.51. The first-order chi connectivity index (χ1) is 12.2. The summed E-state index contributed by atoms with van der Waals surface area (Å²) < 4.78 is 2.23. The summed E-state index contributed by atoms with van der Waals surface area (Å²) in [7, 11) is 2.13. The van der Waals surface area contributed by atoms with Gasteiger partial charge in [-0.25, -0.2) is 9.97 Å². The molecule has 134 valence electrons. The Labute approximate surface area is 149 Å². The summed E-state index contributed by atoms with van der Waals surface area (Å²) in [5.41, 5.74) is 0. The monoisotopic (exact) mass is 341 g/mol. The second kappa shape index (κ2) is 7.07. The van der Waals surface area contributed by atoms with E-state index < -0.39 is 0 Å². The quantitative estimate of drug-likeness (QED) is 0.846. The molecule has 4 heterocycles. The fraction of sp³-hybridized carbons (Fsp3) is 0.667. The van der Waals surface area contributed by atoms with Crippen LogP contribution in [0.2, 0.25) is 0 Å². The number of nitrogens with zero attached hydrogens (tertiary/aromatic N) is 7. The third-order valence-corrected chi connectivity index (χ3v) is 5.51. The first-order valence-electron chi connectivity index (χ1n) is 9.36. The highest BCUT2D eigenvalue weighted by Crippen LogP contribution is 2.29. The fourth-order valence-corrected chi connectivity index (χ4v) is 4.00. The van der Waals surface area contributed by atoms with Crippen LogP contribution in [0.1, 0.15) is 49.1 Å². The van der Waals surface area contributed by atoms with Gasteiger partial charge in [-0.3, -0.25) is 4.90 Å². The number of hydrogen-bond acceptors (Lipinski definition) is 6. The number of aryl methyl sites for hydroxylation is 1. The topological polar surface area (TPSA) is 63.0 Å². The molecule has 0 aromatic carbocycles. The molecule has 0 N–H and O–H groups in total. The molecule has 0 spiro atoms. The van der Waals surface area contributed by atoms with Gasteiger partial charge in [0.25, 0.3) is 0 Å². The minimum atomic E-state index is 0.490. The summed E-state index contributed by atoms with van der Waals surface area (Å²) >= 11 is 0. The molecule has 0 unspecified atom stereocenters. The van der Waals surface area contributed by atoms with Gasteiger partial charge in [-0.1, -0.05) is 0 Å². The number of anilines is 1. The van der Waals surface area contributed by atoms with Crippen molar-refractivity contribution in [3.8, 4) is 0 Å². The van der Waals surface area contributed by atoms with Gasteiger partial charge in [0.2, 0.25) is 0 Å². The van der Waals surface area contributed by atoms with E-state index in [1.807, 2.05) is 19.2 Å². The third kappa shape index (κ3) is 3.51. The Kier molecular flexibility index (Phi) is 4.65. The van der Waals surface area contributed by atoms with Crippen LogP contribution >= 0.6 is 0 Å². The number of hydrogen-bond donors (Lipinski definition) is 0. The number of likely N-dealkylation sites (tertiary alicyclic amines) is 1. The average molecular weight is 341 g/mol. The van der Waals surface area contributed by atoms with Crippen LogP contribution in [-0.2, 0) is 13.6 Å². The molecule has 7 nitrogen and oxygen atoms in total. The van der Waals surface area contributed by atoms with Crippen molar-refractivity contribution in [1.29, 1.82) is 0 Å². The summed E-state index contributed by atoms with van der Waals surface area (Å²) in [5, 5.41) is 9.02. The van der Waals surface area contributed by atoms with Crippen LogP contribution in [-0.4, -0.2) is 55.8 Å². The van der Waals surface area contributed by atoms with Crippen LogP contribution in [0.3, 0.4) is 0 Å². The molecule has 2 saturated heterocycles. The maximum absolute atomic E-state index is 4.55. The first-order valence-corrected chi connectivity index (χ1v) is 9.36. The maximum Gasteiger partial charge on any atom is 0.146 e. The van der Waals surface area contributed by atoms with Crippen LogP contribution in [0.4, 0.5) is 5.82 Å². The molecule has 2 fully saturated rings. The Morgan fingerprint density at radius 1 is 1.08 bits per heavy atom. The summed E-state index contributed by atoms with van der Waals surface area (Å²) in [6.45, 7) is 7.28. The normalized spacial score (nSPS) is 19.7. The molecule has 0 aliphatic carbocycles. The zero-order chi connectivity index (χ0) is 17.2. The lowest BCUT2D eigenvalue weighted by molar-refractivity contribution is 0.317. The lowest BCUT2D eigenvalue weighted by Gasteiger charge is -2.32. The van der Waals surface area contributed by atoms with Gasteiger partial charge in [0.1, 0.15) is 23.3 Å². The Bertz CT molecular complexity index is 712. The van der Waals surface area contributed by atoms with Crippen molar-refractivity contribution < 1.29 is 0 Å². The van der Waals surface area contributed by atoms with Gasteiger partial charge in [-0.05, 0) is 51.8 Å². The number of rotatable bonds is 4. The van der Waals surface area contributed by atoms with Crippen molar-refractivity contribution >= 4 is 5.82 Å². The number of aromatic nitrogens is 5. The van der Waals surface area contributed by atoms with Crippen molar-refractivity contribution in [1.82, 2.24) is 29.6 Å². The van der Waals surface area contributed by atoms with E-state index in [-0.39, 0.29) is 0 Å². The van der Waals surface area contributed by atoms with Crippen molar-refractivity contribution in [2.45, 2.75) is 45.1 Å². The molecule has 0 saturated carbocycles. The molecule has 0 atom stereocenters. The minimum absolute atomic E-state index is 0.490. The maximum atomic E-state index is 4.55. The van der Waals surface area contributed by atoms with Gasteiger partial charge in [-0.2, -0.15) is 0 Å². The molecule has 25 heavy (non-hydrogen) atoms. The second-order valence-electron chi connectivity index (χ2n) is 7.24. The Hall–Kier alpha value is -2.02. The molecular weight excluding hydrogens is 314 g/mol. The van der Waals surface area contributed by atoms with E-state index in [0.717, 1.165) is 55.8 Å². The van der Waals surface area contributed by atoms with Gasteiger partial charge in [0.15, 0.2) is 0 Å². The predicted octanol–water partition coefficient (Wildman–Crippen LogP) is 1.89. The molecule has 2 aliphatic heterocycles. The summed E-state index contributed by atoms with van der Waals surface area (Å²) in [6.07, 6.45) is 6.66. The van der Waals surface area contributed by atoms with E-state index in [1.54, 1.807) is 0 Å². The molecule has 2 aromatic rings. The summed E-state index contributed by atoms with van der Waals surface area (Å²) in [4.78, 5) is 13.6. The van der Waals surface area contributed by atoms with E-state index in [0.29, 0.717) is 5.92 Å². The molecule has 2 aromatic heterocycles. The molecule has 7 heteroatoms. The van der Waals surface area contributed by atoms with Crippen LogP contribution < -0.4 is 4.90 Å². The molecule has 0 bridgehead atoms. The second-order valence-corrected chi connectivity index (χ2v) is 7.24. The predicted molar refractivity (Wildman–Crippen MR) is 96.5 cm³/mol. The smallest absolute Gasteiger partial charge is 0.146 e. The molecule has 0 radical (unpaired) electrons. The van der Waals surface area contributed by atoms with E-state index in [4.69, 9.17) is 0 Å². The van der Waals surface area contributed by atoms with Crippen molar-refractivity contribution in [2.24, 2.45) is 7.05 Å². The SMILES string of the molecule is Cc1nccc(N2CCC(c3nnc(CN4CCCC4)n3C)CC2)n1. The van der Waals surface area contributed by atoms with E-state index in [1.165, 1.54) is 25.9 Å². The lowest BCUT2D eigenvalue weighted by Crippen LogP contribution is -2.34. The molecule has 2 aliphatic rings. The number of piperidine rings is 1. The van der Waals surface area contributed by atoms with Crippen LogP contribution in [0.5, 0.6) is 0 Å². The fourth-order valence-electron chi connectivity index (χ4n) is 4.00. The van der Waals surface area contributed by atoms with Crippen molar-refractivity contribution in [3.05, 3.63) is 29.7 Å². The van der Waals surface area contributed by atoms with E-state index in [9.17, 15) is 0 Å². The largest absolute Gasteiger partial charge is 0.356 e. The van der Waals surface area contributed by atoms with Gasteiger partial charge >= 0.3 is 0 Å². The molecule has 4 rings (SSSR count). The van der Waals surface area contributed by atoms with Crippen LogP contribution in [0.15, 0.2) is 12.3 Å². The zero-order valence-electron chi connectivity index (χ0n) is 15.2. The molecular formula is C18H27N7. The van der Waals surface area contributed by atoms with Crippen LogP contribution in [0.25, 0.3) is 0 Å². The Balaban J connectivity index is 1.40. The van der Waals surface area contributed by atoms with Gasteiger partial charge in [0.05, 0.1) is 6.54 Å². The van der Waals surface area contributed by atoms with Gasteiger partial charge in [-0.15, -0.1) is 10.2 Å². The summed E-state index contributed by atoms with van der Waals surface area (Å²) in [5.74, 6) is 4.61. The minimum Gasteiger partial charge on any atom is -0.356 e. The Morgan fingerprint density at radius 2 is 1.84 bits per heavy atom. The molecule has 0 amide bonds. The summed E-state index contributed by atoms with van der Waals surface area (Å²) in [6, 6.07) is 2.00. The highest BCUT2D eigenvalue weighted by Gasteiger charge is 2.26. The highest BCUT2D eigenvalue weighted by molar-refractivity contribution is 5.38. The standard InChI is InChI=1S/C18H27N7/c1-14-19-8-5-16(20-14)25-11-6-15(7-12-25)18-22-21-17(23(18)2)13-24-9-3-4-10-24/h5,8,15H,3-4,6-7,9-13H2,1-2H3. The van der Waals surface area contributed by atoms with Crippen molar-refractivity contribution in [3.63, 3.8) is 0 Å². The first kappa shape index (κ1) is 16.4. The van der Waals surface area contributed by atoms with Gasteiger partial charge in [0, 0.05) is 32.3 Å². The van der Waals surface area contributed by atoms with Crippen molar-refractivity contribution in [2.75, 3.05) is 31.1 Å². The average Bonchev–Trinajstić information content (AvgIpc) is 3.26. The van der Waals surface area contributed by atoms with E-state index >= 15 is 0 Å². The lowest BCUT2D eigenvalue weighted by atomic mass is 9.96.